The molecule has 1 fully saturated rings. The fourth-order valence-electron chi connectivity index (χ4n) is 1.94. The maximum atomic E-state index is 13.4. The van der Waals surface area contributed by atoms with E-state index in [9.17, 15) is 18.0 Å². The molecule has 1 aliphatic rings. The number of carbonyl (C=O) groups is 1. The van der Waals surface area contributed by atoms with Crippen LogP contribution in [0.5, 0.6) is 0 Å². The van der Waals surface area contributed by atoms with E-state index in [2.05, 4.69) is 0 Å². The summed E-state index contributed by atoms with van der Waals surface area (Å²) in [7, 11) is 1.58. The van der Waals surface area contributed by atoms with Crippen molar-refractivity contribution in [3.05, 3.63) is 35.1 Å². The van der Waals surface area contributed by atoms with E-state index in [0.717, 1.165) is 6.07 Å². The minimum Gasteiger partial charge on any atom is -0.345 e. The van der Waals surface area contributed by atoms with Crippen LogP contribution in [0.4, 0.5) is 13.2 Å². The number of carbonyl (C=O) groups excluding carboxylic acids is 1. The van der Waals surface area contributed by atoms with Crippen molar-refractivity contribution in [3.8, 4) is 0 Å². The molecule has 1 heterocycles. The number of hydrogen-bond acceptors (Lipinski definition) is 1. The molecule has 1 aliphatic heterocycles. The van der Waals surface area contributed by atoms with Gasteiger partial charge < -0.3 is 4.90 Å². The molecule has 1 unspecified atom stereocenters. The Morgan fingerprint density at radius 2 is 2.00 bits per heavy atom. The molecule has 2 nitrogen and oxygen atoms in total. The zero-order chi connectivity index (χ0) is 11.9. The van der Waals surface area contributed by atoms with E-state index < -0.39 is 23.4 Å². The largest absolute Gasteiger partial charge is 0.345 e. The lowest BCUT2D eigenvalue weighted by atomic mass is 9.97. The molecule has 0 N–H and O–H groups in total. The third-order valence-corrected chi connectivity index (χ3v) is 2.80. The summed E-state index contributed by atoms with van der Waals surface area (Å²) in [5, 5.41) is 0. The number of nitrogens with zero attached hydrogens (tertiary/aromatic N) is 1. The lowest BCUT2D eigenvalue weighted by Crippen LogP contribution is -2.18. The molecule has 0 aliphatic carbocycles. The van der Waals surface area contributed by atoms with Gasteiger partial charge in [0.2, 0.25) is 5.91 Å². The quantitative estimate of drug-likeness (QED) is 0.675. The third-order valence-electron chi connectivity index (χ3n) is 2.80. The van der Waals surface area contributed by atoms with Gasteiger partial charge in [0, 0.05) is 32.0 Å². The summed E-state index contributed by atoms with van der Waals surface area (Å²) in [5.41, 5.74) is -0.0600. The lowest BCUT2D eigenvalue weighted by molar-refractivity contribution is -0.126. The molecule has 0 saturated carbocycles. The summed E-state index contributed by atoms with van der Waals surface area (Å²) >= 11 is 0. The average molecular weight is 229 g/mol. The van der Waals surface area contributed by atoms with E-state index in [0.29, 0.717) is 12.6 Å². The van der Waals surface area contributed by atoms with Crippen LogP contribution in [0.3, 0.4) is 0 Å². The monoisotopic (exact) mass is 229 g/mol. The molecule has 1 amide bonds. The van der Waals surface area contributed by atoms with Gasteiger partial charge in [-0.05, 0) is 11.6 Å². The predicted octanol–water partition coefficient (Wildman–Crippen LogP) is 2.05. The van der Waals surface area contributed by atoms with E-state index in [1.54, 1.807) is 7.05 Å². The molecule has 0 bridgehead atoms. The summed E-state index contributed by atoms with van der Waals surface area (Å²) in [4.78, 5) is 12.7. The SMILES string of the molecule is CN1CC(c2cc(F)cc(F)c2F)CC1=O. The minimum absolute atomic E-state index is 0.0600. The van der Waals surface area contributed by atoms with Gasteiger partial charge in [-0.1, -0.05) is 0 Å². The second-order valence-electron chi connectivity index (χ2n) is 3.97. The second kappa shape index (κ2) is 3.81. The molecule has 1 atom stereocenters. The number of amides is 1. The van der Waals surface area contributed by atoms with Crippen molar-refractivity contribution >= 4 is 5.91 Å². The van der Waals surface area contributed by atoms with E-state index in [4.69, 9.17) is 0 Å². The molecular weight excluding hydrogens is 219 g/mol. The van der Waals surface area contributed by atoms with Crippen LogP contribution in [-0.4, -0.2) is 24.4 Å². The maximum Gasteiger partial charge on any atom is 0.223 e. The minimum atomic E-state index is -1.21. The molecule has 16 heavy (non-hydrogen) atoms. The van der Waals surface area contributed by atoms with Gasteiger partial charge in [-0.25, -0.2) is 13.2 Å². The molecule has 0 spiro atoms. The Bertz CT molecular complexity index is 447. The van der Waals surface area contributed by atoms with Gasteiger partial charge in [0.25, 0.3) is 0 Å². The van der Waals surface area contributed by atoms with Crippen LogP contribution in [0.1, 0.15) is 17.9 Å². The first-order valence-electron chi connectivity index (χ1n) is 4.87. The summed E-state index contributed by atoms with van der Waals surface area (Å²) in [6, 6.07) is 1.45. The van der Waals surface area contributed by atoms with E-state index in [-0.39, 0.29) is 17.9 Å². The first kappa shape index (κ1) is 11.0. The fourth-order valence-corrected chi connectivity index (χ4v) is 1.94. The lowest BCUT2D eigenvalue weighted by Gasteiger charge is -2.11. The molecule has 86 valence electrons. The smallest absolute Gasteiger partial charge is 0.223 e. The van der Waals surface area contributed by atoms with Gasteiger partial charge in [-0.3, -0.25) is 4.79 Å². The number of likely N-dealkylation sites (N-methyl/N-ethyl adjacent to an activating group) is 1. The number of likely N-dealkylation sites (tertiary alicyclic amines) is 1. The van der Waals surface area contributed by atoms with Crippen LogP contribution >= 0.6 is 0 Å². The van der Waals surface area contributed by atoms with Gasteiger partial charge in [0.05, 0.1) is 0 Å². The molecule has 1 aromatic rings. The van der Waals surface area contributed by atoms with Gasteiger partial charge in [0.15, 0.2) is 11.6 Å². The summed E-state index contributed by atoms with van der Waals surface area (Å²) in [6.07, 6.45) is 0.0936. The van der Waals surface area contributed by atoms with E-state index in [1.165, 1.54) is 4.90 Å². The molecule has 1 aromatic carbocycles. The Kier molecular flexibility index (Phi) is 2.61. The Balaban J connectivity index is 2.38. The maximum absolute atomic E-state index is 13.4. The normalized spacial score (nSPS) is 20.6. The van der Waals surface area contributed by atoms with Crippen molar-refractivity contribution in [3.63, 3.8) is 0 Å². The highest BCUT2D eigenvalue weighted by atomic mass is 19.2. The highest BCUT2D eigenvalue weighted by Gasteiger charge is 2.31. The summed E-state index contributed by atoms with van der Waals surface area (Å²) in [5.74, 6) is -3.71. The first-order chi connectivity index (χ1) is 7.49. The third kappa shape index (κ3) is 1.77. The van der Waals surface area contributed by atoms with Crippen LogP contribution in [0, 0.1) is 17.5 Å². The van der Waals surface area contributed by atoms with Crippen LogP contribution < -0.4 is 0 Å². The van der Waals surface area contributed by atoms with Crippen molar-refractivity contribution in [2.24, 2.45) is 0 Å². The van der Waals surface area contributed by atoms with Crippen LogP contribution in [-0.2, 0) is 4.79 Å². The number of benzene rings is 1. The van der Waals surface area contributed by atoms with Gasteiger partial charge >= 0.3 is 0 Å². The standard InChI is InChI=1S/C11H10F3NO/c1-15-5-6(2-10(15)16)8-3-7(12)4-9(13)11(8)14/h3-4,6H,2,5H2,1H3. The molecule has 0 aromatic heterocycles. The van der Waals surface area contributed by atoms with Crippen molar-refractivity contribution in [1.29, 1.82) is 0 Å². The second-order valence-corrected chi connectivity index (χ2v) is 3.97. The Hall–Kier alpha value is -1.52. The van der Waals surface area contributed by atoms with Gasteiger partial charge in [0.1, 0.15) is 5.82 Å². The number of hydrogen-bond donors (Lipinski definition) is 0. The van der Waals surface area contributed by atoms with E-state index >= 15 is 0 Å². The Morgan fingerprint density at radius 1 is 1.31 bits per heavy atom. The molecule has 2 rings (SSSR count). The Labute approximate surface area is 90.7 Å². The number of halogens is 3. The van der Waals surface area contributed by atoms with E-state index in [1.807, 2.05) is 0 Å². The highest BCUT2D eigenvalue weighted by molar-refractivity contribution is 5.79. The zero-order valence-corrected chi connectivity index (χ0v) is 8.64. The van der Waals surface area contributed by atoms with Gasteiger partial charge in [-0.2, -0.15) is 0 Å². The first-order valence-corrected chi connectivity index (χ1v) is 4.87. The van der Waals surface area contributed by atoms with Crippen LogP contribution in [0.2, 0.25) is 0 Å². The molecule has 0 radical (unpaired) electrons. The Morgan fingerprint density at radius 3 is 2.56 bits per heavy atom. The van der Waals surface area contributed by atoms with Crippen molar-refractivity contribution in [1.82, 2.24) is 4.90 Å². The summed E-state index contributed by atoms with van der Waals surface area (Å²) < 4.78 is 39.3. The zero-order valence-electron chi connectivity index (χ0n) is 8.64. The highest BCUT2D eigenvalue weighted by Crippen LogP contribution is 2.30. The van der Waals surface area contributed by atoms with Crippen LogP contribution in [0.25, 0.3) is 0 Å². The van der Waals surface area contributed by atoms with Crippen LogP contribution in [0.15, 0.2) is 12.1 Å². The predicted molar refractivity (Wildman–Crippen MR) is 51.3 cm³/mol. The molecular formula is C11H10F3NO. The number of rotatable bonds is 1. The topological polar surface area (TPSA) is 20.3 Å². The van der Waals surface area contributed by atoms with Gasteiger partial charge in [-0.15, -0.1) is 0 Å². The summed E-state index contributed by atoms with van der Waals surface area (Å²) in [6.45, 7) is 0.290. The van der Waals surface area contributed by atoms with Crippen molar-refractivity contribution in [2.75, 3.05) is 13.6 Å². The molecule has 1 saturated heterocycles. The fraction of sp³-hybridized carbons (Fsp3) is 0.364. The van der Waals surface area contributed by atoms with Crippen molar-refractivity contribution in [2.45, 2.75) is 12.3 Å². The average Bonchev–Trinajstić information content (AvgIpc) is 2.53. The van der Waals surface area contributed by atoms with Crippen molar-refractivity contribution < 1.29 is 18.0 Å². The molecule has 5 heteroatoms.